The second-order valence-corrected chi connectivity index (χ2v) is 7.49. The largest absolute Gasteiger partial charge is 0.492 e. The van der Waals surface area contributed by atoms with E-state index in [9.17, 15) is 0 Å². The number of morpholine rings is 1. The molecule has 7 heteroatoms. The van der Waals surface area contributed by atoms with E-state index in [1.165, 1.54) is 0 Å². The molecular weight excluding hydrogens is 384 g/mol. The first-order valence-corrected chi connectivity index (χ1v) is 9.46. The molecular formula is C18H29BrN4O2. The van der Waals surface area contributed by atoms with Gasteiger partial charge in [0.2, 0.25) is 0 Å². The van der Waals surface area contributed by atoms with Crippen LogP contribution in [0.1, 0.15) is 13.8 Å². The van der Waals surface area contributed by atoms with Gasteiger partial charge in [-0.25, -0.2) is 0 Å². The second kappa shape index (κ2) is 9.99. The van der Waals surface area contributed by atoms with Crippen LogP contribution in [0.15, 0.2) is 33.7 Å². The molecule has 0 atom stereocenters. The average Bonchev–Trinajstić information content (AvgIpc) is 2.62. The number of benzene rings is 1. The monoisotopic (exact) mass is 412 g/mol. The zero-order valence-electron chi connectivity index (χ0n) is 15.3. The van der Waals surface area contributed by atoms with Crippen molar-refractivity contribution in [3.05, 3.63) is 28.7 Å². The number of hydrogen-bond acceptors (Lipinski definition) is 4. The van der Waals surface area contributed by atoms with Crippen LogP contribution in [-0.2, 0) is 4.74 Å². The van der Waals surface area contributed by atoms with Gasteiger partial charge in [0.1, 0.15) is 12.4 Å². The third-order valence-electron chi connectivity index (χ3n) is 4.24. The Morgan fingerprint density at radius 1 is 1.32 bits per heavy atom. The summed E-state index contributed by atoms with van der Waals surface area (Å²) in [7, 11) is 1.78. The van der Waals surface area contributed by atoms with Crippen molar-refractivity contribution in [2.45, 2.75) is 19.4 Å². The fourth-order valence-corrected chi connectivity index (χ4v) is 3.07. The van der Waals surface area contributed by atoms with E-state index in [1.54, 1.807) is 7.05 Å². The van der Waals surface area contributed by atoms with Crippen LogP contribution in [0.3, 0.4) is 0 Å². The van der Waals surface area contributed by atoms with E-state index in [0.717, 1.165) is 49.0 Å². The fraction of sp³-hybridized carbons (Fsp3) is 0.611. The Hall–Kier alpha value is -1.31. The molecule has 25 heavy (non-hydrogen) atoms. The van der Waals surface area contributed by atoms with E-state index in [-0.39, 0.29) is 5.54 Å². The first kappa shape index (κ1) is 20.0. The molecule has 0 aromatic heterocycles. The van der Waals surface area contributed by atoms with Gasteiger partial charge in [-0.2, -0.15) is 0 Å². The summed E-state index contributed by atoms with van der Waals surface area (Å²) in [5.74, 6) is 1.65. The van der Waals surface area contributed by atoms with E-state index in [2.05, 4.69) is 50.3 Å². The molecule has 1 fully saturated rings. The van der Waals surface area contributed by atoms with Gasteiger partial charge in [-0.05, 0) is 32.0 Å². The predicted octanol–water partition coefficient (Wildman–Crippen LogP) is 2.10. The number of halogens is 1. The Kier molecular flexibility index (Phi) is 7.99. The molecule has 2 N–H and O–H groups in total. The zero-order chi connectivity index (χ0) is 18.1. The second-order valence-electron chi connectivity index (χ2n) is 6.57. The summed E-state index contributed by atoms with van der Waals surface area (Å²) in [4.78, 5) is 6.73. The third kappa shape index (κ3) is 6.84. The van der Waals surface area contributed by atoms with Crippen molar-refractivity contribution in [3.8, 4) is 5.75 Å². The van der Waals surface area contributed by atoms with Crippen molar-refractivity contribution >= 4 is 21.9 Å². The number of aliphatic imine (C=N–C) groups is 1. The Balaban J connectivity index is 1.69. The SMILES string of the molecule is CN=C(NCCOc1cccc(Br)c1)NCC(C)(C)N1CCOCC1. The van der Waals surface area contributed by atoms with Crippen LogP contribution in [0.25, 0.3) is 0 Å². The molecule has 0 aliphatic carbocycles. The summed E-state index contributed by atoms with van der Waals surface area (Å²) < 4.78 is 12.2. The minimum absolute atomic E-state index is 0.0498. The maximum absolute atomic E-state index is 5.72. The Labute approximate surface area is 159 Å². The summed E-state index contributed by atoms with van der Waals surface area (Å²) in [6.45, 7) is 10.1. The molecule has 0 unspecified atom stereocenters. The summed E-state index contributed by atoms with van der Waals surface area (Å²) in [6, 6.07) is 7.84. The van der Waals surface area contributed by atoms with Gasteiger partial charge in [0, 0.05) is 36.7 Å². The van der Waals surface area contributed by atoms with E-state index in [0.29, 0.717) is 13.2 Å². The molecule has 0 saturated carbocycles. The first-order chi connectivity index (χ1) is 12.0. The van der Waals surface area contributed by atoms with Crippen LogP contribution in [-0.4, -0.2) is 69.4 Å². The van der Waals surface area contributed by atoms with Gasteiger partial charge in [-0.3, -0.25) is 9.89 Å². The van der Waals surface area contributed by atoms with E-state index in [1.807, 2.05) is 24.3 Å². The van der Waals surface area contributed by atoms with Crippen molar-refractivity contribution in [2.24, 2.45) is 4.99 Å². The van der Waals surface area contributed by atoms with Gasteiger partial charge in [0.05, 0.1) is 19.8 Å². The topological polar surface area (TPSA) is 58.1 Å². The lowest BCUT2D eigenvalue weighted by Gasteiger charge is -2.41. The third-order valence-corrected chi connectivity index (χ3v) is 4.73. The minimum atomic E-state index is 0.0498. The van der Waals surface area contributed by atoms with Gasteiger partial charge in [-0.15, -0.1) is 0 Å². The molecule has 1 aliphatic rings. The van der Waals surface area contributed by atoms with Gasteiger partial charge in [0.15, 0.2) is 5.96 Å². The summed E-state index contributed by atoms with van der Waals surface area (Å²) in [6.07, 6.45) is 0. The quantitative estimate of drug-likeness (QED) is 0.408. The van der Waals surface area contributed by atoms with Crippen LogP contribution in [0.5, 0.6) is 5.75 Å². The maximum Gasteiger partial charge on any atom is 0.191 e. The molecule has 1 saturated heterocycles. The molecule has 0 amide bonds. The van der Waals surface area contributed by atoms with E-state index < -0.39 is 0 Å². The van der Waals surface area contributed by atoms with Crippen molar-refractivity contribution in [3.63, 3.8) is 0 Å². The van der Waals surface area contributed by atoms with Gasteiger partial charge in [0.25, 0.3) is 0 Å². The van der Waals surface area contributed by atoms with Crippen molar-refractivity contribution in [2.75, 3.05) is 53.0 Å². The zero-order valence-corrected chi connectivity index (χ0v) is 16.9. The molecule has 2 rings (SSSR count). The average molecular weight is 413 g/mol. The Bertz CT molecular complexity index is 560. The highest BCUT2D eigenvalue weighted by Crippen LogP contribution is 2.17. The number of rotatable bonds is 7. The molecule has 140 valence electrons. The van der Waals surface area contributed by atoms with Gasteiger partial charge in [-0.1, -0.05) is 22.0 Å². The summed E-state index contributed by atoms with van der Waals surface area (Å²) in [5, 5.41) is 6.70. The Morgan fingerprint density at radius 3 is 2.76 bits per heavy atom. The van der Waals surface area contributed by atoms with E-state index >= 15 is 0 Å². The standard InChI is InChI=1S/C18H29BrN4O2/c1-18(2,23-8-11-24-12-9-23)14-22-17(20-3)21-7-10-25-16-6-4-5-15(19)13-16/h4-6,13H,7-12,14H2,1-3H3,(H2,20,21,22). The predicted molar refractivity (Wildman–Crippen MR) is 105 cm³/mol. The fourth-order valence-electron chi connectivity index (χ4n) is 2.70. The molecule has 1 aromatic rings. The van der Waals surface area contributed by atoms with Crippen molar-refractivity contribution < 1.29 is 9.47 Å². The highest BCUT2D eigenvalue weighted by molar-refractivity contribution is 9.10. The smallest absolute Gasteiger partial charge is 0.191 e. The molecule has 0 radical (unpaired) electrons. The van der Waals surface area contributed by atoms with Crippen LogP contribution >= 0.6 is 15.9 Å². The lowest BCUT2D eigenvalue weighted by Crippen LogP contribution is -2.56. The lowest BCUT2D eigenvalue weighted by atomic mass is 10.0. The van der Waals surface area contributed by atoms with Crippen molar-refractivity contribution in [1.82, 2.24) is 15.5 Å². The summed E-state index contributed by atoms with van der Waals surface area (Å²) >= 11 is 3.44. The van der Waals surface area contributed by atoms with Crippen LogP contribution in [0.4, 0.5) is 0 Å². The highest BCUT2D eigenvalue weighted by atomic mass is 79.9. The Morgan fingerprint density at radius 2 is 2.08 bits per heavy atom. The number of ether oxygens (including phenoxy) is 2. The molecule has 0 spiro atoms. The number of hydrogen-bond donors (Lipinski definition) is 2. The van der Waals surface area contributed by atoms with Crippen molar-refractivity contribution in [1.29, 1.82) is 0 Å². The van der Waals surface area contributed by atoms with Gasteiger partial charge >= 0.3 is 0 Å². The first-order valence-electron chi connectivity index (χ1n) is 8.67. The normalized spacial score (nSPS) is 16.6. The molecule has 6 nitrogen and oxygen atoms in total. The molecule has 1 heterocycles. The van der Waals surface area contributed by atoms with Crippen LogP contribution in [0, 0.1) is 0 Å². The molecule has 0 bridgehead atoms. The van der Waals surface area contributed by atoms with Crippen LogP contribution < -0.4 is 15.4 Å². The van der Waals surface area contributed by atoms with E-state index in [4.69, 9.17) is 9.47 Å². The summed E-state index contributed by atoms with van der Waals surface area (Å²) in [5.41, 5.74) is 0.0498. The highest BCUT2D eigenvalue weighted by Gasteiger charge is 2.28. The molecule has 1 aliphatic heterocycles. The number of nitrogens with one attached hydrogen (secondary N) is 2. The number of nitrogens with zero attached hydrogens (tertiary/aromatic N) is 2. The number of guanidine groups is 1. The van der Waals surface area contributed by atoms with Crippen LogP contribution in [0.2, 0.25) is 0 Å². The molecule has 1 aromatic carbocycles. The van der Waals surface area contributed by atoms with Gasteiger partial charge < -0.3 is 20.1 Å². The lowest BCUT2D eigenvalue weighted by molar-refractivity contribution is -0.00834. The minimum Gasteiger partial charge on any atom is -0.492 e. The maximum atomic E-state index is 5.72.